The van der Waals surface area contributed by atoms with E-state index in [-0.39, 0.29) is 11.4 Å². The number of amides is 2. The van der Waals surface area contributed by atoms with Gasteiger partial charge in [0.15, 0.2) is 23.1 Å². The fourth-order valence-corrected chi connectivity index (χ4v) is 4.93. The van der Waals surface area contributed by atoms with Crippen molar-refractivity contribution in [3.63, 3.8) is 0 Å². The molecule has 2 amide bonds. The van der Waals surface area contributed by atoms with Gasteiger partial charge in [-0.3, -0.25) is 14.6 Å². The van der Waals surface area contributed by atoms with E-state index in [9.17, 15) is 9.59 Å². The van der Waals surface area contributed by atoms with Crippen LogP contribution >= 0.6 is 0 Å². The van der Waals surface area contributed by atoms with E-state index in [1.807, 2.05) is 37.3 Å². The highest BCUT2D eigenvalue weighted by atomic mass is 19.1. The average molecular weight is 587 g/mol. The van der Waals surface area contributed by atoms with Crippen molar-refractivity contribution in [1.29, 1.82) is 0 Å². The molecule has 1 saturated heterocycles. The third-order valence-electron chi connectivity index (χ3n) is 7.36. The van der Waals surface area contributed by atoms with Gasteiger partial charge in [-0.15, -0.1) is 0 Å². The molecule has 3 aromatic carbocycles. The van der Waals surface area contributed by atoms with Gasteiger partial charge in [0.2, 0.25) is 0 Å². The van der Waals surface area contributed by atoms with Crippen LogP contribution in [0.5, 0.6) is 23.0 Å². The number of ether oxygens (including phenoxy) is 3. The molecule has 5 rings (SSSR count). The van der Waals surface area contributed by atoms with Crippen molar-refractivity contribution in [3.05, 3.63) is 83.8 Å². The van der Waals surface area contributed by atoms with Gasteiger partial charge in [0.25, 0.3) is 0 Å². The summed E-state index contributed by atoms with van der Waals surface area (Å²) in [7, 11) is 1.55. The Kier molecular flexibility index (Phi) is 9.68. The second-order valence-electron chi connectivity index (χ2n) is 10.5. The third kappa shape index (κ3) is 7.58. The molecule has 0 spiro atoms. The molecule has 1 aliphatic heterocycles. The lowest BCUT2D eigenvalue weighted by Crippen LogP contribution is -2.36. The van der Waals surface area contributed by atoms with Crippen molar-refractivity contribution in [2.45, 2.75) is 26.2 Å². The Balaban J connectivity index is 1.21. The first kappa shape index (κ1) is 29.8. The third-order valence-corrected chi connectivity index (χ3v) is 7.36. The second kappa shape index (κ2) is 14.0. The molecule has 3 N–H and O–H groups in total. The maximum atomic E-state index is 15.1. The number of aromatic nitrogens is 1. The van der Waals surface area contributed by atoms with Crippen LogP contribution in [0.4, 0.5) is 10.1 Å². The van der Waals surface area contributed by atoms with E-state index in [2.05, 4.69) is 20.9 Å². The zero-order valence-corrected chi connectivity index (χ0v) is 24.2. The Morgan fingerprint density at radius 3 is 2.49 bits per heavy atom. The highest BCUT2D eigenvalue weighted by molar-refractivity contribution is 6.39. The molecule has 10 heteroatoms. The maximum Gasteiger partial charge on any atom is 0.313 e. The topological polar surface area (TPSA) is 111 Å². The van der Waals surface area contributed by atoms with Gasteiger partial charge < -0.3 is 30.2 Å². The molecular weight excluding hydrogens is 551 g/mol. The van der Waals surface area contributed by atoms with Gasteiger partial charge in [0.1, 0.15) is 11.3 Å². The van der Waals surface area contributed by atoms with Crippen molar-refractivity contribution in [3.8, 4) is 23.0 Å². The predicted molar refractivity (Wildman–Crippen MR) is 162 cm³/mol. The Morgan fingerprint density at radius 2 is 1.74 bits per heavy atom. The maximum absolute atomic E-state index is 15.1. The summed E-state index contributed by atoms with van der Waals surface area (Å²) in [5.74, 6) is -0.548. The largest absolute Gasteiger partial charge is 0.491 e. The Labute approximate surface area is 249 Å². The van der Waals surface area contributed by atoms with Gasteiger partial charge in [-0.05, 0) is 81.1 Å². The van der Waals surface area contributed by atoms with E-state index in [1.165, 1.54) is 12.1 Å². The molecule has 224 valence electrons. The smallest absolute Gasteiger partial charge is 0.313 e. The normalized spacial score (nSPS) is 13.4. The zero-order chi connectivity index (χ0) is 30.2. The van der Waals surface area contributed by atoms with Crippen LogP contribution in [-0.2, 0) is 16.0 Å². The Bertz CT molecular complexity index is 1590. The van der Waals surface area contributed by atoms with Crippen LogP contribution in [0.1, 0.15) is 24.0 Å². The SMILES string of the molecule is COc1c(OCC2CCNCC2)ccc2c(Oc3ccc(NC(=O)C(=O)NCCc4ccc(C)cc4)cc3F)ccnc12. The van der Waals surface area contributed by atoms with Crippen LogP contribution in [0.15, 0.2) is 66.9 Å². The fraction of sp³-hybridized carbons (Fsp3) is 0.303. The first-order chi connectivity index (χ1) is 20.9. The number of hydrogen-bond donors (Lipinski definition) is 3. The lowest BCUT2D eigenvalue weighted by Gasteiger charge is -2.23. The minimum atomic E-state index is -0.887. The van der Waals surface area contributed by atoms with Crippen molar-refractivity contribution >= 4 is 28.4 Å². The lowest BCUT2D eigenvalue weighted by atomic mass is 9.99. The summed E-state index contributed by atoms with van der Waals surface area (Å²) in [6.45, 7) is 4.85. The van der Waals surface area contributed by atoms with Gasteiger partial charge in [-0.25, -0.2) is 4.39 Å². The van der Waals surface area contributed by atoms with Gasteiger partial charge in [-0.2, -0.15) is 0 Å². The minimum Gasteiger partial charge on any atom is -0.491 e. The van der Waals surface area contributed by atoms with Crippen LogP contribution < -0.4 is 30.2 Å². The minimum absolute atomic E-state index is 0.0572. The lowest BCUT2D eigenvalue weighted by molar-refractivity contribution is -0.136. The Hall–Kier alpha value is -4.70. The van der Waals surface area contributed by atoms with Crippen molar-refractivity contribution in [1.82, 2.24) is 15.6 Å². The Morgan fingerprint density at radius 1 is 0.977 bits per heavy atom. The summed E-state index contributed by atoms with van der Waals surface area (Å²) in [5, 5.41) is 8.98. The summed E-state index contributed by atoms with van der Waals surface area (Å²) in [5.41, 5.74) is 2.85. The monoisotopic (exact) mass is 586 g/mol. The molecule has 9 nitrogen and oxygen atoms in total. The molecular formula is C33H35FN4O5. The van der Waals surface area contributed by atoms with Crippen LogP contribution in [0.3, 0.4) is 0 Å². The first-order valence-corrected chi connectivity index (χ1v) is 14.3. The van der Waals surface area contributed by atoms with E-state index in [0.29, 0.717) is 53.6 Å². The number of halogens is 1. The van der Waals surface area contributed by atoms with E-state index in [0.717, 1.165) is 43.1 Å². The molecule has 1 fully saturated rings. The number of hydrogen-bond acceptors (Lipinski definition) is 7. The summed E-state index contributed by atoms with van der Waals surface area (Å²) >= 11 is 0. The summed E-state index contributed by atoms with van der Waals surface area (Å²) in [4.78, 5) is 29.0. The number of aryl methyl sites for hydroxylation is 1. The molecule has 0 saturated carbocycles. The van der Waals surface area contributed by atoms with E-state index >= 15 is 4.39 Å². The zero-order valence-electron chi connectivity index (χ0n) is 24.2. The molecule has 1 aliphatic rings. The summed E-state index contributed by atoms with van der Waals surface area (Å²) in [6, 6.07) is 17.1. The first-order valence-electron chi connectivity index (χ1n) is 14.3. The van der Waals surface area contributed by atoms with Crippen LogP contribution in [-0.4, -0.2) is 50.1 Å². The number of piperidine rings is 1. The number of carbonyl (C=O) groups is 2. The number of benzene rings is 3. The van der Waals surface area contributed by atoms with Crippen molar-refractivity contribution in [2.24, 2.45) is 5.92 Å². The quantitative estimate of drug-likeness (QED) is 0.220. The van der Waals surface area contributed by atoms with Crippen LogP contribution in [0.25, 0.3) is 10.9 Å². The average Bonchev–Trinajstić information content (AvgIpc) is 3.02. The number of rotatable bonds is 10. The molecule has 2 heterocycles. The molecule has 0 aliphatic carbocycles. The molecule has 0 bridgehead atoms. The van der Waals surface area contributed by atoms with E-state index in [1.54, 1.807) is 25.4 Å². The van der Waals surface area contributed by atoms with Crippen molar-refractivity contribution < 1.29 is 28.2 Å². The second-order valence-corrected chi connectivity index (χ2v) is 10.5. The molecule has 0 radical (unpaired) electrons. The predicted octanol–water partition coefficient (Wildman–Crippen LogP) is 5.16. The fourth-order valence-electron chi connectivity index (χ4n) is 4.93. The van der Waals surface area contributed by atoms with Crippen LogP contribution in [0, 0.1) is 18.7 Å². The number of pyridine rings is 1. The number of nitrogens with one attached hydrogen (secondary N) is 3. The van der Waals surface area contributed by atoms with Gasteiger partial charge in [0, 0.05) is 29.9 Å². The van der Waals surface area contributed by atoms with Gasteiger partial charge >= 0.3 is 11.8 Å². The molecule has 1 aromatic heterocycles. The van der Waals surface area contributed by atoms with Gasteiger partial charge in [-0.1, -0.05) is 29.8 Å². The standard InChI is InChI=1S/C33H35FN4O5/c1-21-3-5-22(6-4-21)13-17-37-32(39)33(40)38-24-7-9-28(26(34)19-24)43-27-14-18-36-30-25(27)8-10-29(31(30)41-2)42-20-23-11-15-35-16-12-23/h3-10,14,18-19,23,35H,11-13,15-17,20H2,1-2H3,(H,37,39)(H,38,40). The molecule has 0 atom stereocenters. The highest BCUT2D eigenvalue weighted by Gasteiger charge is 2.19. The van der Waals surface area contributed by atoms with E-state index in [4.69, 9.17) is 14.2 Å². The van der Waals surface area contributed by atoms with Crippen molar-refractivity contribution in [2.75, 3.05) is 38.7 Å². The van der Waals surface area contributed by atoms with Gasteiger partial charge in [0.05, 0.1) is 13.7 Å². The van der Waals surface area contributed by atoms with E-state index < -0.39 is 17.6 Å². The number of carbonyl (C=O) groups excluding carboxylic acids is 2. The summed E-state index contributed by atoms with van der Waals surface area (Å²) < 4.78 is 32.7. The molecule has 4 aromatic rings. The number of fused-ring (bicyclic) bond motifs is 1. The molecule has 43 heavy (non-hydrogen) atoms. The number of methoxy groups -OCH3 is 1. The number of nitrogens with zero attached hydrogens (tertiary/aromatic N) is 1. The highest BCUT2D eigenvalue weighted by Crippen LogP contribution is 2.40. The summed E-state index contributed by atoms with van der Waals surface area (Å²) in [6.07, 6.45) is 4.26. The number of anilines is 1. The molecule has 0 unspecified atom stereocenters. The van der Waals surface area contributed by atoms with Crippen LogP contribution in [0.2, 0.25) is 0 Å².